The zero-order chi connectivity index (χ0) is 14.5. The second-order valence-corrected chi connectivity index (χ2v) is 4.86. The Morgan fingerprint density at radius 3 is 1.95 bits per heavy atom. The number of carbonyl (C=O) groups excluding carboxylic acids is 1. The van der Waals surface area contributed by atoms with Gasteiger partial charge in [-0.1, -0.05) is 15.9 Å². The molecule has 0 radical (unpaired) electrons. The van der Waals surface area contributed by atoms with E-state index in [0.717, 1.165) is 4.47 Å². The van der Waals surface area contributed by atoms with E-state index in [1.54, 1.807) is 42.5 Å². The van der Waals surface area contributed by atoms with Crippen molar-refractivity contribution >= 4 is 21.9 Å². The minimum absolute atomic E-state index is 0.365. The zero-order valence-corrected chi connectivity index (χ0v) is 12.6. The van der Waals surface area contributed by atoms with Gasteiger partial charge in [0.25, 0.3) is 0 Å². The highest BCUT2D eigenvalue weighted by Crippen LogP contribution is 2.24. The van der Waals surface area contributed by atoms with Gasteiger partial charge in [-0.2, -0.15) is 0 Å². The summed E-state index contributed by atoms with van der Waals surface area (Å²) in [7, 11) is 3.05. The summed E-state index contributed by atoms with van der Waals surface area (Å²) in [5.74, 6) is 1.07. The number of benzene rings is 2. The third kappa shape index (κ3) is 3.51. The lowest BCUT2D eigenvalue weighted by Gasteiger charge is -2.08. The molecule has 0 saturated heterocycles. The van der Waals surface area contributed by atoms with Crippen molar-refractivity contribution in [2.24, 2.45) is 0 Å². The molecule has 0 aromatic heterocycles. The smallest absolute Gasteiger partial charge is 0.343 e. The molecule has 2 aromatic rings. The van der Waals surface area contributed by atoms with Crippen LogP contribution in [0, 0.1) is 0 Å². The molecule has 0 heterocycles. The van der Waals surface area contributed by atoms with Crippen LogP contribution in [0.25, 0.3) is 0 Å². The molecule has 4 nitrogen and oxygen atoms in total. The monoisotopic (exact) mass is 336 g/mol. The van der Waals surface area contributed by atoms with Gasteiger partial charge in [0.1, 0.15) is 17.2 Å². The molecule has 0 amide bonds. The van der Waals surface area contributed by atoms with Gasteiger partial charge in [0.2, 0.25) is 0 Å². The third-order valence-corrected chi connectivity index (χ3v) is 3.14. The summed E-state index contributed by atoms with van der Waals surface area (Å²) in [4.78, 5) is 12.1. The Hall–Kier alpha value is -2.01. The van der Waals surface area contributed by atoms with Gasteiger partial charge in [0, 0.05) is 10.5 Å². The molecule has 0 aliphatic rings. The van der Waals surface area contributed by atoms with Gasteiger partial charge >= 0.3 is 5.97 Å². The van der Waals surface area contributed by atoms with E-state index in [4.69, 9.17) is 14.2 Å². The van der Waals surface area contributed by atoms with Crippen molar-refractivity contribution in [3.05, 3.63) is 52.5 Å². The van der Waals surface area contributed by atoms with Crippen molar-refractivity contribution in [2.45, 2.75) is 0 Å². The largest absolute Gasteiger partial charge is 0.497 e. The lowest BCUT2D eigenvalue weighted by molar-refractivity contribution is 0.0734. The Balaban J connectivity index is 2.22. The molecular weight excluding hydrogens is 324 g/mol. The summed E-state index contributed by atoms with van der Waals surface area (Å²) < 4.78 is 16.4. The molecule has 0 aliphatic heterocycles. The van der Waals surface area contributed by atoms with Crippen LogP contribution < -0.4 is 14.2 Å². The third-order valence-electron chi connectivity index (χ3n) is 2.61. The Labute approximate surface area is 125 Å². The molecule has 0 bridgehead atoms. The van der Waals surface area contributed by atoms with Gasteiger partial charge in [-0.15, -0.1) is 0 Å². The van der Waals surface area contributed by atoms with Gasteiger partial charge in [-0.3, -0.25) is 0 Å². The van der Waals surface area contributed by atoms with E-state index in [9.17, 15) is 4.79 Å². The average Bonchev–Trinajstić information content (AvgIpc) is 2.48. The molecule has 0 atom stereocenters. The highest BCUT2D eigenvalue weighted by molar-refractivity contribution is 9.10. The highest BCUT2D eigenvalue weighted by Gasteiger charge is 2.12. The second kappa shape index (κ2) is 6.43. The minimum Gasteiger partial charge on any atom is -0.497 e. The predicted molar refractivity (Wildman–Crippen MR) is 78.6 cm³/mol. The number of rotatable bonds is 4. The van der Waals surface area contributed by atoms with Crippen LogP contribution in [0.4, 0.5) is 0 Å². The van der Waals surface area contributed by atoms with Crippen LogP contribution in [0.2, 0.25) is 0 Å². The summed E-state index contributed by atoms with van der Waals surface area (Å²) in [6, 6.07) is 11.9. The number of methoxy groups -OCH3 is 2. The zero-order valence-electron chi connectivity index (χ0n) is 11.1. The second-order valence-electron chi connectivity index (χ2n) is 3.94. The number of halogens is 1. The van der Waals surface area contributed by atoms with E-state index in [0.29, 0.717) is 22.8 Å². The Morgan fingerprint density at radius 2 is 1.45 bits per heavy atom. The topological polar surface area (TPSA) is 44.8 Å². The Bertz CT molecular complexity index is 586. The maximum absolute atomic E-state index is 12.1. The van der Waals surface area contributed by atoms with Gasteiger partial charge in [-0.25, -0.2) is 4.79 Å². The van der Waals surface area contributed by atoms with Crippen LogP contribution in [0.5, 0.6) is 17.2 Å². The summed E-state index contributed by atoms with van der Waals surface area (Å²) in [5.41, 5.74) is 0.365. The molecule has 0 saturated carbocycles. The van der Waals surface area contributed by atoms with Crippen LogP contribution in [0.1, 0.15) is 10.4 Å². The number of esters is 1. The van der Waals surface area contributed by atoms with Crippen molar-refractivity contribution in [3.63, 3.8) is 0 Å². The lowest BCUT2D eigenvalue weighted by Crippen LogP contribution is -2.09. The van der Waals surface area contributed by atoms with E-state index < -0.39 is 5.97 Å². The molecule has 2 rings (SSSR count). The normalized spacial score (nSPS) is 9.95. The molecule has 0 spiro atoms. The van der Waals surface area contributed by atoms with Gasteiger partial charge in [0.05, 0.1) is 19.8 Å². The molecule has 0 fully saturated rings. The maximum Gasteiger partial charge on any atom is 0.343 e. The first-order valence-corrected chi connectivity index (χ1v) is 6.62. The van der Waals surface area contributed by atoms with Gasteiger partial charge in [0.15, 0.2) is 0 Å². The summed E-state index contributed by atoms with van der Waals surface area (Å²) in [6.45, 7) is 0. The first-order valence-electron chi connectivity index (χ1n) is 5.83. The first-order chi connectivity index (χ1) is 9.62. The summed E-state index contributed by atoms with van der Waals surface area (Å²) in [6.07, 6.45) is 0. The van der Waals surface area contributed by atoms with E-state index in [1.807, 2.05) is 0 Å². The summed E-state index contributed by atoms with van der Waals surface area (Å²) in [5, 5.41) is 0. The number of ether oxygens (including phenoxy) is 3. The van der Waals surface area contributed by atoms with Crippen LogP contribution in [0.15, 0.2) is 46.9 Å². The van der Waals surface area contributed by atoms with E-state index >= 15 is 0 Å². The number of hydrogen-bond donors (Lipinski definition) is 0. The molecule has 0 unspecified atom stereocenters. The fourth-order valence-electron chi connectivity index (χ4n) is 1.59. The SMILES string of the molecule is COc1cc(OC)cc(C(=O)Oc2ccc(Br)cc2)c1. The lowest BCUT2D eigenvalue weighted by atomic mass is 10.2. The molecule has 104 valence electrons. The van der Waals surface area contributed by atoms with Gasteiger partial charge in [-0.05, 0) is 36.4 Å². The van der Waals surface area contributed by atoms with Crippen molar-refractivity contribution < 1.29 is 19.0 Å². The van der Waals surface area contributed by atoms with Crippen molar-refractivity contribution in [1.29, 1.82) is 0 Å². The minimum atomic E-state index is -0.468. The van der Waals surface area contributed by atoms with Crippen LogP contribution in [-0.2, 0) is 0 Å². The summed E-state index contributed by atoms with van der Waals surface area (Å²) >= 11 is 3.32. The van der Waals surface area contributed by atoms with E-state index in [2.05, 4.69) is 15.9 Å². The molecular formula is C15H13BrO4. The van der Waals surface area contributed by atoms with E-state index in [1.165, 1.54) is 14.2 Å². The van der Waals surface area contributed by atoms with Gasteiger partial charge < -0.3 is 14.2 Å². The van der Waals surface area contributed by atoms with Crippen LogP contribution in [0.3, 0.4) is 0 Å². The predicted octanol–water partition coefficient (Wildman–Crippen LogP) is 3.69. The number of carbonyl (C=O) groups is 1. The molecule has 0 N–H and O–H groups in total. The maximum atomic E-state index is 12.1. The molecule has 20 heavy (non-hydrogen) atoms. The number of hydrogen-bond acceptors (Lipinski definition) is 4. The van der Waals surface area contributed by atoms with E-state index in [-0.39, 0.29) is 0 Å². The average molecular weight is 337 g/mol. The molecule has 2 aromatic carbocycles. The van der Waals surface area contributed by atoms with Crippen molar-refractivity contribution in [2.75, 3.05) is 14.2 Å². The Kier molecular flexibility index (Phi) is 4.63. The van der Waals surface area contributed by atoms with Crippen molar-refractivity contribution in [3.8, 4) is 17.2 Å². The van der Waals surface area contributed by atoms with Crippen LogP contribution in [-0.4, -0.2) is 20.2 Å². The first kappa shape index (κ1) is 14.4. The molecule has 0 aliphatic carbocycles. The quantitative estimate of drug-likeness (QED) is 0.631. The van der Waals surface area contributed by atoms with Crippen molar-refractivity contribution in [1.82, 2.24) is 0 Å². The molecule has 5 heteroatoms. The fourth-order valence-corrected chi connectivity index (χ4v) is 1.86. The van der Waals surface area contributed by atoms with Crippen LogP contribution >= 0.6 is 15.9 Å². The fraction of sp³-hybridized carbons (Fsp3) is 0.133. The Morgan fingerprint density at radius 1 is 0.900 bits per heavy atom. The highest BCUT2D eigenvalue weighted by atomic mass is 79.9. The standard InChI is InChI=1S/C15H13BrO4/c1-18-13-7-10(8-14(9-13)19-2)15(17)20-12-5-3-11(16)4-6-12/h3-9H,1-2H3.